The van der Waals surface area contributed by atoms with Crippen LogP contribution in [0, 0.1) is 19.8 Å². The van der Waals surface area contributed by atoms with Gasteiger partial charge in [0.1, 0.15) is 0 Å². The Morgan fingerprint density at radius 2 is 2.00 bits per heavy atom. The molecule has 0 radical (unpaired) electrons. The molecule has 1 atom stereocenters. The summed E-state index contributed by atoms with van der Waals surface area (Å²) in [5.74, 6) is 0.784. The zero-order valence-electron chi connectivity index (χ0n) is 13.3. The van der Waals surface area contributed by atoms with Gasteiger partial charge in [-0.1, -0.05) is 24.6 Å². The standard InChI is InChI=1S/C18H25NO2/c1-13-6-7-15(3)16(11-13)17(20)8-9-18(21)19-10-4-5-14(2)12-19/h6-7,11,14H,4-5,8-10,12H2,1-3H3. The Hall–Kier alpha value is -1.64. The molecule has 0 bridgehead atoms. The summed E-state index contributed by atoms with van der Waals surface area (Å²) in [6, 6.07) is 5.90. The maximum Gasteiger partial charge on any atom is 0.223 e. The van der Waals surface area contributed by atoms with Gasteiger partial charge in [0.15, 0.2) is 5.78 Å². The summed E-state index contributed by atoms with van der Waals surface area (Å²) in [5, 5.41) is 0. The minimum Gasteiger partial charge on any atom is -0.342 e. The van der Waals surface area contributed by atoms with Gasteiger partial charge < -0.3 is 4.90 Å². The fourth-order valence-electron chi connectivity index (χ4n) is 2.97. The highest BCUT2D eigenvalue weighted by molar-refractivity contribution is 5.99. The van der Waals surface area contributed by atoms with Crippen molar-refractivity contribution >= 4 is 11.7 Å². The van der Waals surface area contributed by atoms with E-state index in [0.29, 0.717) is 18.8 Å². The summed E-state index contributed by atoms with van der Waals surface area (Å²) in [5.41, 5.74) is 2.83. The number of rotatable bonds is 4. The molecule has 0 aliphatic carbocycles. The van der Waals surface area contributed by atoms with Crippen LogP contribution in [0.2, 0.25) is 0 Å². The van der Waals surface area contributed by atoms with Crippen LogP contribution < -0.4 is 0 Å². The van der Waals surface area contributed by atoms with Crippen LogP contribution in [0.25, 0.3) is 0 Å². The van der Waals surface area contributed by atoms with Gasteiger partial charge in [-0.05, 0) is 44.2 Å². The topological polar surface area (TPSA) is 37.4 Å². The lowest BCUT2D eigenvalue weighted by molar-refractivity contribution is -0.132. The smallest absolute Gasteiger partial charge is 0.223 e. The van der Waals surface area contributed by atoms with Gasteiger partial charge in [0.05, 0.1) is 0 Å². The summed E-state index contributed by atoms with van der Waals surface area (Å²) in [4.78, 5) is 26.4. The number of carbonyl (C=O) groups is 2. The molecule has 1 aliphatic heterocycles. The zero-order chi connectivity index (χ0) is 15.4. The van der Waals surface area contributed by atoms with Crippen LogP contribution in [0.4, 0.5) is 0 Å². The van der Waals surface area contributed by atoms with Gasteiger partial charge in [-0.15, -0.1) is 0 Å². The van der Waals surface area contributed by atoms with E-state index in [9.17, 15) is 9.59 Å². The number of piperidine rings is 1. The monoisotopic (exact) mass is 287 g/mol. The number of nitrogens with zero attached hydrogens (tertiary/aromatic N) is 1. The van der Waals surface area contributed by atoms with Gasteiger partial charge in [0.2, 0.25) is 5.91 Å². The van der Waals surface area contributed by atoms with Crippen LogP contribution in [0.1, 0.15) is 54.1 Å². The highest BCUT2D eigenvalue weighted by atomic mass is 16.2. The zero-order valence-corrected chi connectivity index (χ0v) is 13.3. The SMILES string of the molecule is Cc1ccc(C)c(C(=O)CCC(=O)N2CCCC(C)C2)c1. The first-order chi connectivity index (χ1) is 9.97. The van der Waals surface area contributed by atoms with E-state index < -0.39 is 0 Å². The number of aryl methyl sites for hydroxylation is 2. The van der Waals surface area contributed by atoms with Crippen molar-refractivity contribution in [2.45, 2.75) is 46.5 Å². The van der Waals surface area contributed by atoms with Crippen LogP contribution in [-0.2, 0) is 4.79 Å². The van der Waals surface area contributed by atoms with E-state index in [2.05, 4.69) is 6.92 Å². The Labute approximate surface area is 127 Å². The maximum absolute atomic E-state index is 12.3. The van der Waals surface area contributed by atoms with Crippen LogP contribution in [-0.4, -0.2) is 29.7 Å². The van der Waals surface area contributed by atoms with Crippen molar-refractivity contribution in [1.82, 2.24) is 4.90 Å². The molecule has 0 saturated carbocycles. The molecule has 0 spiro atoms. The first-order valence-corrected chi connectivity index (χ1v) is 7.85. The van der Waals surface area contributed by atoms with Gasteiger partial charge in [0, 0.05) is 31.5 Å². The van der Waals surface area contributed by atoms with Gasteiger partial charge in [0.25, 0.3) is 0 Å². The summed E-state index contributed by atoms with van der Waals surface area (Å²) in [6.45, 7) is 7.80. The van der Waals surface area contributed by atoms with E-state index in [1.165, 1.54) is 6.42 Å². The van der Waals surface area contributed by atoms with E-state index in [0.717, 1.165) is 36.2 Å². The molecule has 1 fully saturated rings. The van der Waals surface area contributed by atoms with E-state index >= 15 is 0 Å². The molecule has 21 heavy (non-hydrogen) atoms. The Morgan fingerprint density at radius 3 is 2.71 bits per heavy atom. The quantitative estimate of drug-likeness (QED) is 0.795. The fourth-order valence-corrected chi connectivity index (χ4v) is 2.97. The molecule has 1 saturated heterocycles. The maximum atomic E-state index is 12.3. The van der Waals surface area contributed by atoms with E-state index in [1.807, 2.05) is 36.9 Å². The Morgan fingerprint density at radius 1 is 1.24 bits per heavy atom. The summed E-state index contributed by atoms with van der Waals surface area (Å²) >= 11 is 0. The molecule has 3 heteroatoms. The molecule has 1 unspecified atom stereocenters. The Kier molecular flexibility index (Phi) is 5.16. The summed E-state index contributed by atoms with van der Waals surface area (Å²) < 4.78 is 0. The van der Waals surface area contributed by atoms with Gasteiger partial charge >= 0.3 is 0 Å². The van der Waals surface area contributed by atoms with Crippen LogP contribution >= 0.6 is 0 Å². The molecule has 0 aromatic heterocycles. The van der Waals surface area contributed by atoms with Crippen molar-refractivity contribution in [3.8, 4) is 0 Å². The highest BCUT2D eigenvalue weighted by Gasteiger charge is 2.21. The second-order valence-corrected chi connectivity index (χ2v) is 6.33. The normalized spacial score (nSPS) is 18.6. The third-order valence-electron chi connectivity index (χ3n) is 4.27. The van der Waals surface area contributed by atoms with Crippen LogP contribution in [0.3, 0.4) is 0 Å². The number of carbonyl (C=O) groups excluding carboxylic acids is 2. The summed E-state index contributed by atoms with van der Waals surface area (Å²) in [7, 11) is 0. The third-order valence-corrected chi connectivity index (χ3v) is 4.27. The van der Waals surface area contributed by atoms with Crippen molar-refractivity contribution < 1.29 is 9.59 Å². The molecule has 3 nitrogen and oxygen atoms in total. The molecule has 1 amide bonds. The predicted octanol–water partition coefficient (Wildman–Crippen LogP) is 3.52. The Bertz CT molecular complexity index is 536. The number of benzene rings is 1. The lowest BCUT2D eigenvalue weighted by Crippen LogP contribution is -2.39. The number of ketones is 1. The number of amides is 1. The lowest BCUT2D eigenvalue weighted by Gasteiger charge is -2.31. The highest BCUT2D eigenvalue weighted by Crippen LogP contribution is 2.18. The molecular weight excluding hydrogens is 262 g/mol. The van der Waals surface area contributed by atoms with Gasteiger partial charge in [-0.2, -0.15) is 0 Å². The average Bonchev–Trinajstić information content (AvgIpc) is 2.47. The van der Waals surface area contributed by atoms with Crippen molar-refractivity contribution in [1.29, 1.82) is 0 Å². The minimum absolute atomic E-state index is 0.0783. The lowest BCUT2D eigenvalue weighted by atomic mass is 9.98. The van der Waals surface area contributed by atoms with Crippen molar-refractivity contribution in [3.63, 3.8) is 0 Å². The number of hydrogen-bond donors (Lipinski definition) is 0. The molecule has 1 aromatic rings. The largest absolute Gasteiger partial charge is 0.342 e. The molecule has 1 heterocycles. The third kappa shape index (κ3) is 4.16. The molecule has 2 rings (SSSR count). The van der Waals surface area contributed by atoms with Crippen molar-refractivity contribution in [2.75, 3.05) is 13.1 Å². The van der Waals surface area contributed by atoms with E-state index in [1.54, 1.807) is 0 Å². The second-order valence-electron chi connectivity index (χ2n) is 6.33. The number of likely N-dealkylation sites (tertiary alicyclic amines) is 1. The minimum atomic E-state index is 0.0783. The van der Waals surface area contributed by atoms with Crippen LogP contribution in [0.15, 0.2) is 18.2 Å². The average molecular weight is 287 g/mol. The van der Waals surface area contributed by atoms with Gasteiger partial charge in [-0.3, -0.25) is 9.59 Å². The van der Waals surface area contributed by atoms with E-state index in [-0.39, 0.29) is 11.7 Å². The predicted molar refractivity (Wildman–Crippen MR) is 84.5 cm³/mol. The molecular formula is C18H25NO2. The van der Waals surface area contributed by atoms with Crippen molar-refractivity contribution in [2.24, 2.45) is 5.92 Å². The van der Waals surface area contributed by atoms with Crippen molar-refractivity contribution in [3.05, 3.63) is 34.9 Å². The fraction of sp³-hybridized carbons (Fsp3) is 0.556. The number of Topliss-reactive ketones (excluding diaryl/α,β-unsaturated/α-hetero) is 1. The van der Waals surface area contributed by atoms with E-state index in [4.69, 9.17) is 0 Å². The molecule has 1 aliphatic rings. The van der Waals surface area contributed by atoms with Crippen LogP contribution in [0.5, 0.6) is 0 Å². The molecule has 1 aromatic carbocycles. The first kappa shape index (κ1) is 15.7. The second kappa shape index (κ2) is 6.88. The van der Waals surface area contributed by atoms with Gasteiger partial charge in [-0.25, -0.2) is 0 Å². The number of hydrogen-bond acceptors (Lipinski definition) is 2. The first-order valence-electron chi connectivity index (χ1n) is 7.85. The summed E-state index contributed by atoms with van der Waals surface area (Å²) in [6.07, 6.45) is 2.93. The Balaban J connectivity index is 1.91. The molecule has 114 valence electrons. The molecule has 0 N–H and O–H groups in total.